The second-order valence-corrected chi connectivity index (χ2v) is 7.80. The lowest BCUT2D eigenvalue weighted by Crippen LogP contribution is -2.57. The first kappa shape index (κ1) is 19.2. The summed E-state index contributed by atoms with van der Waals surface area (Å²) in [5.74, 6) is -1.51. The lowest BCUT2D eigenvalue weighted by atomic mass is 10.1. The number of primary amides is 1. The van der Waals surface area contributed by atoms with E-state index in [4.69, 9.17) is 5.73 Å². The van der Waals surface area contributed by atoms with Gasteiger partial charge < -0.3 is 21.1 Å². The van der Waals surface area contributed by atoms with Crippen LogP contribution < -0.4 is 11.1 Å². The van der Waals surface area contributed by atoms with Gasteiger partial charge in [0.05, 0.1) is 6.10 Å². The molecule has 2 saturated heterocycles. The van der Waals surface area contributed by atoms with Gasteiger partial charge in [-0.25, -0.2) is 3.11 Å². The molecule has 2 heterocycles. The molecule has 2 fully saturated rings. The zero-order chi connectivity index (χ0) is 17.9. The van der Waals surface area contributed by atoms with E-state index in [-0.39, 0.29) is 5.91 Å². The monoisotopic (exact) mass is 454 g/mol. The fourth-order valence-corrected chi connectivity index (χ4v) is 4.56. The number of rotatable bonds is 6. The molecule has 4 atom stereocenters. The van der Waals surface area contributed by atoms with Crippen molar-refractivity contribution < 1.29 is 22.6 Å². The summed E-state index contributed by atoms with van der Waals surface area (Å²) < 4.78 is 13.0. The van der Waals surface area contributed by atoms with Crippen LogP contribution >= 0.6 is 21.5 Å². The summed E-state index contributed by atoms with van der Waals surface area (Å²) in [5, 5.41) is 12.0. The standard InChI is InChI=1S/C14H23IN4O5/c1-8(20)11(12(16)21)17-13(22)9-4-2-6-18(9)14(23)10-5-3-7-19(10)15-24/h8-11,20H,2-7H2,1H3,(H2,16,21)(H,17,22)/t8-,9+,10-,11+/m1/s1. The van der Waals surface area contributed by atoms with Gasteiger partial charge in [0.25, 0.3) is 0 Å². The third kappa shape index (κ3) is 4.09. The van der Waals surface area contributed by atoms with Crippen LogP contribution in [0.25, 0.3) is 0 Å². The number of nitrogens with two attached hydrogens (primary N) is 1. The van der Waals surface area contributed by atoms with Gasteiger partial charge in [-0.2, -0.15) is 0 Å². The topological polar surface area (TPSA) is 133 Å². The van der Waals surface area contributed by atoms with E-state index in [9.17, 15) is 22.6 Å². The Bertz CT molecular complexity index is 529. The molecule has 4 N–H and O–H groups in total. The maximum absolute atomic E-state index is 12.7. The summed E-state index contributed by atoms with van der Waals surface area (Å²) in [6, 6.07) is -2.30. The lowest BCUT2D eigenvalue weighted by Gasteiger charge is -2.29. The Morgan fingerprint density at radius 1 is 1.21 bits per heavy atom. The Labute approximate surface area is 150 Å². The Kier molecular flexibility index (Phi) is 6.63. The summed E-state index contributed by atoms with van der Waals surface area (Å²) in [7, 11) is 0. The summed E-state index contributed by atoms with van der Waals surface area (Å²) in [5.41, 5.74) is 5.18. The van der Waals surface area contributed by atoms with Crippen molar-refractivity contribution in [2.24, 2.45) is 5.73 Å². The minimum Gasteiger partial charge on any atom is -0.391 e. The number of nitrogens with zero attached hydrogens (tertiary/aromatic N) is 2. The van der Waals surface area contributed by atoms with Crippen LogP contribution in [-0.2, 0) is 17.5 Å². The Balaban J connectivity index is 2.06. The van der Waals surface area contributed by atoms with Gasteiger partial charge in [0.2, 0.25) is 39.2 Å². The number of carbonyl (C=O) groups is 3. The van der Waals surface area contributed by atoms with E-state index in [1.54, 1.807) is 3.11 Å². The van der Waals surface area contributed by atoms with Crippen molar-refractivity contribution in [3.8, 4) is 0 Å². The van der Waals surface area contributed by atoms with Crippen LogP contribution in [0.4, 0.5) is 0 Å². The van der Waals surface area contributed by atoms with Gasteiger partial charge in [-0.15, -0.1) is 0 Å². The molecule has 0 radical (unpaired) electrons. The highest BCUT2D eigenvalue weighted by Gasteiger charge is 2.41. The summed E-state index contributed by atoms with van der Waals surface area (Å²) in [6.07, 6.45) is 1.51. The number of hydrogen-bond acceptors (Lipinski definition) is 5. The van der Waals surface area contributed by atoms with Gasteiger partial charge in [0.15, 0.2) is 0 Å². The zero-order valence-corrected chi connectivity index (χ0v) is 15.6. The fraction of sp³-hybridized carbons (Fsp3) is 0.786. The largest absolute Gasteiger partial charge is 0.391 e. The van der Waals surface area contributed by atoms with E-state index in [0.717, 1.165) is 6.42 Å². The highest BCUT2D eigenvalue weighted by atomic mass is 127. The first-order valence-corrected chi connectivity index (χ1v) is 9.83. The molecule has 0 aromatic heterocycles. The molecule has 136 valence electrons. The Morgan fingerprint density at radius 3 is 2.42 bits per heavy atom. The molecule has 3 amide bonds. The molecule has 0 bridgehead atoms. The summed E-state index contributed by atoms with van der Waals surface area (Å²) in [6.45, 7) is 2.46. The second-order valence-electron chi connectivity index (χ2n) is 6.17. The molecule has 2 rings (SSSR count). The molecular formula is C14H23IN4O5. The zero-order valence-electron chi connectivity index (χ0n) is 13.5. The molecule has 2 aliphatic rings. The van der Waals surface area contributed by atoms with Crippen LogP contribution in [0, 0.1) is 0 Å². The van der Waals surface area contributed by atoms with Crippen molar-refractivity contribution in [3.05, 3.63) is 0 Å². The van der Waals surface area contributed by atoms with Crippen LogP contribution in [-0.4, -0.2) is 68.2 Å². The third-order valence-corrected chi connectivity index (χ3v) is 6.15. The molecule has 24 heavy (non-hydrogen) atoms. The SMILES string of the molecule is C[C@@H](O)[C@H](NC(=O)[C@@H]1CCCN1C(=O)[C@H]1CCCN1I=O)C(N)=O. The van der Waals surface area contributed by atoms with Gasteiger partial charge in [0, 0.05) is 13.1 Å². The molecule has 0 aromatic rings. The third-order valence-electron chi connectivity index (χ3n) is 4.49. The molecule has 0 saturated carbocycles. The van der Waals surface area contributed by atoms with Gasteiger partial charge in [-0.1, -0.05) is 0 Å². The average Bonchev–Trinajstić information content (AvgIpc) is 3.19. The predicted molar refractivity (Wildman–Crippen MR) is 92.0 cm³/mol. The van der Waals surface area contributed by atoms with E-state index in [1.165, 1.54) is 11.8 Å². The molecule has 0 aliphatic carbocycles. The number of hydrogen-bond donors (Lipinski definition) is 3. The van der Waals surface area contributed by atoms with Crippen molar-refractivity contribution in [1.82, 2.24) is 13.3 Å². The van der Waals surface area contributed by atoms with Gasteiger partial charge in [-0.3, -0.25) is 17.5 Å². The maximum atomic E-state index is 12.7. The highest BCUT2D eigenvalue weighted by molar-refractivity contribution is 14.1. The Hall–Kier alpha value is -1.14. The van der Waals surface area contributed by atoms with Gasteiger partial charge in [0.1, 0.15) is 18.1 Å². The molecule has 2 aliphatic heterocycles. The minimum absolute atomic E-state index is 0.187. The van der Waals surface area contributed by atoms with Crippen LogP contribution in [0.1, 0.15) is 32.6 Å². The molecule has 0 unspecified atom stereocenters. The quantitative estimate of drug-likeness (QED) is 0.349. The van der Waals surface area contributed by atoms with E-state index in [2.05, 4.69) is 5.32 Å². The lowest BCUT2D eigenvalue weighted by molar-refractivity contribution is -0.141. The number of amides is 3. The van der Waals surface area contributed by atoms with Crippen molar-refractivity contribution in [2.45, 2.75) is 56.8 Å². The number of nitrogens with one attached hydrogen (secondary N) is 1. The molecule has 10 heteroatoms. The van der Waals surface area contributed by atoms with E-state index >= 15 is 0 Å². The van der Waals surface area contributed by atoms with Gasteiger partial charge >= 0.3 is 0 Å². The first-order valence-electron chi connectivity index (χ1n) is 7.99. The van der Waals surface area contributed by atoms with Crippen molar-refractivity contribution in [3.63, 3.8) is 0 Å². The summed E-state index contributed by atoms with van der Waals surface area (Å²) in [4.78, 5) is 38.0. The number of carbonyl (C=O) groups excluding carboxylic acids is 3. The predicted octanol–water partition coefficient (Wildman–Crippen LogP) is -0.976. The number of aliphatic hydroxyl groups is 1. The van der Waals surface area contributed by atoms with E-state index in [1.807, 2.05) is 0 Å². The van der Waals surface area contributed by atoms with Crippen molar-refractivity contribution >= 4 is 39.2 Å². The number of halogens is 1. The van der Waals surface area contributed by atoms with Crippen molar-refractivity contribution in [1.29, 1.82) is 0 Å². The van der Waals surface area contributed by atoms with Crippen LogP contribution in [0.15, 0.2) is 0 Å². The normalized spacial score (nSPS) is 27.0. The van der Waals surface area contributed by atoms with Crippen molar-refractivity contribution in [2.75, 3.05) is 13.1 Å². The molecule has 0 aromatic carbocycles. The van der Waals surface area contributed by atoms with Crippen LogP contribution in [0.5, 0.6) is 0 Å². The van der Waals surface area contributed by atoms with Crippen LogP contribution in [0.2, 0.25) is 0 Å². The molecular weight excluding hydrogens is 431 g/mol. The smallest absolute Gasteiger partial charge is 0.243 e. The van der Waals surface area contributed by atoms with Gasteiger partial charge in [-0.05, 0) is 32.6 Å². The highest BCUT2D eigenvalue weighted by Crippen LogP contribution is 2.28. The second kappa shape index (κ2) is 8.30. The number of likely N-dealkylation sites (tertiary alicyclic amines) is 1. The van der Waals surface area contributed by atoms with E-state index in [0.29, 0.717) is 32.4 Å². The average molecular weight is 454 g/mol. The summed E-state index contributed by atoms with van der Waals surface area (Å²) >= 11 is -1.41. The molecule has 0 spiro atoms. The minimum atomic E-state index is -1.41. The first-order chi connectivity index (χ1) is 11.4. The Morgan fingerprint density at radius 2 is 1.83 bits per heavy atom. The maximum Gasteiger partial charge on any atom is 0.243 e. The fourth-order valence-electron chi connectivity index (χ4n) is 3.23. The van der Waals surface area contributed by atoms with Crippen LogP contribution in [0.3, 0.4) is 0 Å². The number of aliphatic hydroxyl groups excluding tert-OH is 1. The molecule has 9 nitrogen and oxygen atoms in total. The van der Waals surface area contributed by atoms with E-state index < -0.39 is 57.5 Å².